The molecular weight excluding hydrogens is 336 g/mol. The van der Waals surface area contributed by atoms with E-state index in [1.807, 2.05) is 39.9 Å². The summed E-state index contributed by atoms with van der Waals surface area (Å²) in [6.07, 6.45) is 5.28. The highest BCUT2D eigenvalue weighted by Gasteiger charge is 2.23. The van der Waals surface area contributed by atoms with Crippen molar-refractivity contribution in [3.05, 3.63) is 66.4 Å². The van der Waals surface area contributed by atoms with Crippen LogP contribution in [-0.2, 0) is 17.8 Å². The molecule has 0 N–H and O–H groups in total. The van der Waals surface area contributed by atoms with Crippen molar-refractivity contribution < 1.29 is 9.53 Å². The van der Waals surface area contributed by atoms with Crippen LogP contribution in [0, 0.1) is 5.92 Å². The second-order valence-electron chi connectivity index (χ2n) is 7.38. The summed E-state index contributed by atoms with van der Waals surface area (Å²) in [5, 5.41) is 1.10. The number of benzene rings is 2. The number of carbonyl (C=O) groups excluding carboxylic acids is 1. The topological polar surface area (TPSA) is 34.5 Å². The fraction of sp³-hybridized carbons (Fsp3) is 0.348. The van der Waals surface area contributed by atoms with E-state index in [1.165, 1.54) is 5.56 Å². The second kappa shape index (κ2) is 7.87. The zero-order chi connectivity index (χ0) is 18.6. The molecule has 140 valence electrons. The molecule has 2 heterocycles. The van der Waals surface area contributed by atoms with E-state index in [1.54, 1.807) is 7.11 Å². The van der Waals surface area contributed by atoms with Crippen molar-refractivity contribution in [3.8, 4) is 5.75 Å². The number of fused-ring (bicyclic) bond motifs is 1. The average molecular weight is 362 g/mol. The van der Waals surface area contributed by atoms with Gasteiger partial charge < -0.3 is 14.2 Å². The van der Waals surface area contributed by atoms with Crippen LogP contribution in [0.1, 0.15) is 18.4 Å². The highest BCUT2D eigenvalue weighted by atomic mass is 16.5. The Kier molecular flexibility index (Phi) is 5.14. The lowest BCUT2D eigenvalue weighted by molar-refractivity contribution is -0.133. The Morgan fingerprint density at radius 2 is 1.85 bits per heavy atom. The molecule has 0 bridgehead atoms. The van der Waals surface area contributed by atoms with Crippen molar-refractivity contribution in [2.24, 2.45) is 5.92 Å². The third-order valence-electron chi connectivity index (χ3n) is 5.62. The molecule has 4 nitrogen and oxygen atoms in total. The van der Waals surface area contributed by atoms with Gasteiger partial charge in [0.2, 0.25) is 5.91 Å². The van der Waals surface area contributed by atoms with E-state index in [0.29, 0.717) is 12.5 Å². The Balaban J connectivity index is 1.34. The van der Waals surface area contributed by atoms with E-state index in [0.717, 1.165) is 49.0 Å². The Labute approximate surface area is 160 Å². The van der Waals surface area contributed by atoms with Crippen LogP contribution in [0.15, 0.2) is 60.8 Å². The monoisotopic (exact) mass is 362 g/mol. The minimum Gasteiger partial charge on any atom is -0.497 e. The number of likely N-dealkylation sites (tertiary alicyclic amines) is 1. The van der Waals surface area contributed by atoms with E-state index in [4.69, 9.17) is 4.74 Å². The van der Waals surface area contributed by atoms with E-state index in [-0.39, 0.29) is 5.91 Å². The molecule has 1 fully saturated rings. The van der Waals surface area contributed by atoms with Crippen LogP contribution < -0.4 is 4.74 Å². The molecule has 0 unspecified atom stereocenters. The predicted molar refractivity (Wildman–Crippen MR) is 108 cm³/mol. The van der Waals surface area contributed by atoms with Gasteiger partial charge in [0.05, 0.1) is 7.11 Å². The highest BCUT2D eigenvalue weighted by molar-refractivity contribution is 5.84. The molecule has 0 saturated carbocycles. The summed E-state index contributed by atoms with van der Waals surface area (Å²) in [7, 11) is 1.67. The number of carbonyl (C=O) groups is 1. The maximum Gasteiger partial charge on any atom is 0.242 e. The second-order valence-corrected chi connectivity index (χ2v) is 7.38. The van der Waals surface area contributed by atoms with Gasteiger partial charge in [0.1, 0.15) is 12.3 Å². The summed E-state index contributed by atoms with van der Waals surface area (Å²) in [6.45, 7) is 2.13. The van der Waals surface area contributed by atoms with Gasteiger partial charge in [0.25, 0.3) is 0 Å². The Bertz CT molecular complexity index is 909. The maximum absolute atomic E-state index is 12.8. The number of piperidine rings is 1. The standard InChI is InChI=1S/C23H26N2O2/c1-27-21-7-8-22-20(16-21)11-14-25(22)17-23(26)24-12-9-19(10-13-24)15-18-5-3-2-4-6-18/h2-8,11,14,16,19H,9-10,12-13,15,17H2,1H3. The summed E-state index contributed by atoms with van der Waals surface area (Å²) in [6, 6.07) is 18.7. The first-order valence-corrected chi connectivity index (χ1v) is 9.67. The zero-order valence-electron chi connectivity index (χ0n) is 15.8. The third-order valence-corrected chi connectivity index (χ3v) is 5.62. The Hall–Kier alpha value is -2.75. The lowest BCUT2D eigenvalue weighted by Crippen LogP contribution is -2.40. The van der Waals surface area contributed by atoms with Gasteiger partial charge >= 0.3 is 0 Å². The SMILES string of the molecule is COc1ccc2c(ccn2CC(=O)N2CCC(Cc3ccccc3)CC2)c1. The molecule has 1 amide bonds. The van der Waals surface area contributed by atoms with Crippen molar-refractivity contribution in [2.45, 2.75) is 25.8 Å². The predicted octanol–water partition coefficient (Wildman–Crippen LogP) is 4.13. The molecule has 0 atom stereocenters. The van der Waals surface area contributed by atoms with Gasteiger partial charge in [-0.25, -0.2) is 0 Å². The van der Waals surface area contributed by atoms with E-state index in [9.17, 15) is 4.79 Å². The van der Waals surface area contributed by atoms with Gasteiger partial charge in [0.15, 0.2) is 0 Å². The number of hydrogen-bond donors (Lipinski definition) is 0. The minimum atomic E-state index is 0.210. The van der Waals surface area contributed by atoms with Crippen molar-refractivity contribution in [1.82, 2.24) is 9.47 Å². The van der Waals surface area contributed by atoms with Crippen molar-refractivity contribution in [3.63, 3.8) is 0 Å². The van der Waals surface area contributed by atoms with Gasteiger partial charge in [-0.15, -0.1) is 0 Å². The van der Waals surface area contributed by atoms with Crippen LogP contribution in [0.2, 0.25) is 0 Å². The molecule has 27 heavy (non-hydrogen) atoms. The number of aromatic nitrogens is 1. The largest absolute Gasteiger partial charge is 0.497 e. The lowest BCUT2D eigenvalue weighted by atomic mass is 9.90. The van der Waals surface area contributed by atoms with Gasteiger partial charge in [-0.2, -0.15) is 0 Å². The van der Waals surface area contributed by atoms with Crippen LogP contribution in [0.3, 0.4) is 0 Å². The van der Waals surface area contributed by atoms with Crippen LogP contribution >= 0.6 is 0 Å². The number of rotatable bonds is 5. The van der Waals surface area contributed by atoms with E-state index >= 15 is 0 Å². The summed E-state index contributed by atoms with van der Waals surface area (Å²) < 4.78 is 7.31. The highest BCUT2D eigenvalue weighted by Crippen LogP contribution is 2.24. The average Bonchev–Trinajstić information content (AvgIpc) is 3.11. The normalized spacial score (nSPS) is 15.2. The number of ether oxygens (including phenoxy) is 1. The summed E-state index contributed by atoms with van der Waals surface area (Å²) in [4.78, 5) is 14.8. The Morgan fingerprint density at radius 3 is 2.59 bits per heavy atom. The number of amides is 1. The molecule has 1 aliphatic rings. The maximum atomic E-state index is 12.8. The van der Waals surface area contributed by atoms with Crippen LogP contribution in [0.5, 0.6) is 5.75 Å². The molecule has 2 aromatic carbocycles. The van der Waals surface area contributed by atoms with E-state index in [2.05, 4.69) is 30.3 Å². The fourth-order valence-electron chi connectivity index (χ4n) is 4.02. The molecule has 4 heteroatoms. The smallest absolute Gasteiger partial charge is 0.242 e. The summed E-state index contributed by atoms with van der Waals surface area (Å²) in [5.74, 6) is 1.73. The minimum absolute atomic E-state index is 0.210. The number of nitrogens with zero attached hydrogens (tertiary/aromatic N) is 2. The molecule has 3 aromatic rings. The molecular formula is C23H26N2O2. The van der Waals surface area contributed by atoms with Crippen molar-refractivity contribution >= 4 is 16.8 Å². The lowest BCUT2D eigenvalue weighted by Gasteiger charge is -2.32. The quantitative estimate of drug-likeness (QED) is 0.684. The molecule has 4 rings (SSSR count). The molecule has 0 aliphatic carbocycles. The molecule has 0 radical (unpaired) electrons. The van der Waals surface area contributed by atoms with Gasteiger partial charge in [0, 0.05) is 30.2 Å². The number of methoxy groups -OCH3 is 1. The zero-order valence-corrected chi connectivity index (χ0v) is 15.8. The molecule has 1 aromatic heterocycles. The van der Waals surface area contributed by atoms with Gasteiger partial charge in [-0.3, -0.25) is 4.79 Å². The summed E-state index contributed by atoms with van der Waals surface area (Å²) >= 11 is 0. The van der Waals surface area contributed by atoms with Gasteiger partial charge in [-0.05, 0) is 55.0 Å². The first-order chi connectivity index (χ1) is 13.2. The molecule has 1 aliphatic heterocycles. The van der Waals surface area contributed by atoms with Gasteiger partial charge in [-0.1, -0.05) is 30.3 Å². The van der Waals surface area contributed by atoms with Crippen LogP contribution in [-0.4, -0.2) is 35.6 Å². The number of hydrogen-bond acceptors (Lipinski definition) is 2. The molecule has 1 saturated heterocycles. The Morgan fingerprint density at radius 1 is 1.07 bits per heavy atom. The third kappa shape index (κ3) is 4.00. The van der Waals surface area contributed by atoms with Crippen LogP contribution in [0.25, 0.3) is 10.9 Å². The van der Waals surface area contributed by atoms with Crippen molar-refractivity contribution in [1.29, 1.82) is 0 Å². The summed E-state index contributed by atoms with van der Waals surface area (Å²) in [5.41, 5.74) is 2.47. The first kappa shape index (κ1) is 17.7. The first-order valence-electron chi connectivity index (χ1n) is 9.67. The van der Waals surface area contributed by atoms with Crippen LogP contribution in [0.4, 0.5) is 0 Å². The van der Waals surface area contributed by atoms with E-state index < -0.39 is 0 Å². The molecule has 0 spiro atoms. The fourth-order valence-corrected chi connectivity index (χ4v) is 4.02. The van der Waals surface area contributed by atoms with Crippen molar-refractivity contribution in [2.75, 3.05) is 20.2 Å².